The summed E-state index contributed by atoms with van der Waals surface area (Å²) in [4.78, 5) is 26.3. The molecule has 1 saturated heterocycles. The van der Waals surface area contributed by atoms with E-state index in [1.807, 2.05) is 39.0 Å². The van der Waals surface area contributed by atoms with Crippen LogP contribution in [0.4, 0.5) is 11.5 Å². The number of piperazine rings is 1. The van der Waals surface area contributed by atoms with Crippen LogP contribution in [-0.2, 0) is 4.79 Å². The van der Waals surface area contributed by atoms with Crippen molar-refractivity contribution in [1.29, 1.82) is 0 Å². The zero-order valence-electron chi connectivity index (χ0n) is 17.6. The molecule has 0 atom stereocenters. The normalized spacial score (nSPS) is 15.1. The highest BCUT2D eigenvalue weighted by Crippen LogP contribution is 2.20. The van der Waals surface area contributed by atoms with E-state index in [0.29, 0.717) is 12.5 Å². The summed E-state index contributed by atoms with van der Waals surface area (Å²) in [6, 6.07) is 8.11. The maximum atomic E-state index is 12.5. The second-order valence-corrected chi connectivity index (χ2v) is 7.96. The Balaban J connectivity index is 1.56. The zero-order valence-corrected chi connectivity index (χ0v) is 17.6. The smallest absolute Gasteiger partial charge is 0.238 e. The Hall–Kier alpha value is -2.47. The van der Waals surface area contributed by atoms with Gasteiger partial charge in [0.25, 0.3) is 0 Å². The summed E-state index contributed by atoms with van der Waals surface area (Å²) in [5, 5.41) is 3.08. The number of hydrogen-bond acceptors (Lipinski definition) is 5. The van der Waals surface area contributed by atoms with Gasteiger partial charge in [0.05, 0.1) is 6.54 Å². The Bertz CT molecular complexity index is 821. The van der Waals surface area contributed by atoms with Crippen molar-refractivity contribution in [2.24, 2.45) is 0 Å². The van der Waals surface area contributed by atoms with E-state index < -0.39 is 0 Å². The number of aryl methyl sites for hydroxylation is 3. The largest absolute Gasteiger partial charge is 0.354 e. The fourth-order valence-corrected chi connectivity index (χ4v) is 3.52. The number of carbonyl (C=O) groups is 1. The van der Waals surface area contributed by atoms with Crippen molar-refractivity contribution in [1.82, 2.24) is 14.9 Å². The van der Waals surface area contributed by atoms with Crippen LogP contribution in [0, 0.1) is 20.8 Å². The topological polar surface area (TPSA) is 61.4 Å². The molecule has 28 heavy (non-hydrogen) atoms. The summed E-state index contributed by atoms with van der Waals surface area (Å²) >= 11 is 0. The van der Waals surface area contributed by atoms with Crippen LogP contribution in [0.1, 0.15) is 42.4 Å². The van der Waals surface area contributed by atoms with Gasteiger partial charge in [-0.15, -0.1) is 0 Å². The Labute approximate surface area is 168 Å². The van der Waals surface area contributed by atoms with Crippen LogP contribution < -0.4 is 10.2 Å². The molecule has 1 amide bonds. The fourth-order valence-electron chi connectivity index (χ4n) is 3.52. The Morgan fingerprint density at radius 3 is 2.32 bits per heavy atom. The summed E-state index contributed by atoms with van der Waals surface area (Å²) in [6.07, 6.45) is 0. The Morgan fingerprint density at radius 1 is 1.07 bits per heavy atom. The molecule has 2 aromatic rings. The standard InChI is InChI=1S/C22H31N5O/c1-15(2)22-23-18(5)13-19(24-22)27-11-9-26(10-12-27)14-20(28)25-21-16(3)7-6-8-17(21)4/h6-8,13,15H,9-12,14H2,1-5H3,(H,25,28). The van der Waals surface area contributed by atoms with Crippen LogP contribution in [0.3, 0.4) is 0 Å². The Morgan fingerprint density at radius 2 is 1.71 bits per heavy atom. The maximum Gasteiger partial charge on any atom is 0.238 e. The zero-order chi connectivity index (χ0) is 20.3. The van der Waals surface area contributed by atoms with Crippen molar-refractivity contribution in [2.75, 3.05) is 42.9 Å². The molecule has 1 aliphatic heterocycles. The predicted molar refractivity (Wildman–Crippen MR) is 114 cm³/mol. The van der Waals surface area contributed by atoms with Crippen molar-refractivity contribution in [3.8, 4) is 0 Å². The summed E-state index contributed by atoms with van der Waals surface area (Å²) in [5.41, 5.74) is 4.13. The van der Waals surface area contributed by atoms with Gasteiger partial charge in [-0.1, -0.05) is 32.0 Å². The average Bonchev–Trinajstić information content (AvgIpc) is 2.65. The first-order valence-corrected chi connectivity index (χ1v) is 10.0. The lowest BCUT2D eigenvalue weighted by molar-refractivity contribution is -0.117. The lowest BCUT2D eigenvalue weighted by atomic mass is 10.1. The molecule has 1 aromatic carbocycles. The highest BCUT2D eigenvalue weighted by Gasteiger charge is 2.21. The molecule has 0 saturated carbocycles. The first-order valence-electron chi connectivity index (χ1n) is 10.0. The third-order valence-electron chi connectivity index (χ3n) is 5.18. The van der Waals surface area contributed by atoms with E-state index in [4.69, 9.17) is 4.98 Å². The number of rotatable bonds is 5. The number of para-hydroxylation sites is 1. The molecule has 0 radical (unpaired) electrons. The van der Waals surface area contributed by atoms with Crippen molar-refractivity contribution in [3.05, 3.63) is 46.9 Å². The van der Waals surface area contributed by atoms with Crippen LogP contribution >= 0.6 is 0 Å². The van der Waals surface area contributed by atoms with E-state index in [9.17, 15) is 4.79 Å². The number of nitrogens with zero attached hydrogens (tertiary/aromatic N) is 4. The molecule has 0 bridgehead atoms. The van der Waals surface area contributed by atoms with E-state index in [2.05, 4.69) is 40.0 Å². The van der Waals surface area contributed by atoms with Crippen molar-refractivity contribution in [2.45, 2.75) is 40.5 Å². The molecule has 150 valence electrons. The van der Waals surface area contributed by atoms with Gasteiger partial charge >= 0.3 is 0 Å². The molecule has 3 rings (SSSR count). The maximum absolute atomic E-state index is 12.5. The quantitative estimate of drug-likeness (QED) is 0.861. The summed E-state index contributed by atoms with van der Waals surface area (Å²) in [7, 11) is 0. The Kier molecular flexibility index (Phi) is 6.29. The molecule has 0 aliphatic carbocycles. The van der Waals surface area contributed by atoms with E-state index in [-0.39, 0.29) is 5.91 Å². The number of carbonyl (C=O) groups excluding carboxylic acids is 1. The summed E-state index contributed by atoms with van der Waals surface area (Å²) in [5.74, 6) is 2.25. The summed E-state index contributed by atoms with van der Waals surface area (Å²) in [6.45, 7) is 14.1. The third kappa shape index (κ3) is 4.87. The lowest BCUT2D eigenvalue weighted by Gasteiger charge is -2.35. The molecule has 2 heterocycles. The van der Waals surface area contributed by atoms with Crippen molar-refractivity contribution >= 4 is 17.4 Å². The van der Waals surface area contributed by atoms with E-state index >= 15 is 0 Å². The van der Waals surface area contributed by atoms with Gasteiger partial charge in [-0.05, 0) is 31.9 Å². The van der Waals surface area contributed by atoms with Gasteiger partial charge in [0.1, 0.15) is 11.6 Å². The molecule has 6 heteroatoms. The highest BCUT2D eigenvalue weighted by atomic mass is 16.2. The average molecular weight is 382 g/mol. The van der Waals surface area contributed by atoms with Crippen LogP contribution in [0.2, 0.25) is 0 Å². The van der Waals surface area contributed by atoms with Gasteiger partial charge in [-0.3, -0.25) is 9.69 Å². The van der Waals surface area contributed by atoms with Gasteiger partial charge in [0, 0.05) is 49.5 Å². The molecule has 1 aliphatic rings. The minimum Gasteiger partial charge on any atom is -0.354 e. The van der Waals surface area contributed by atoms with Gasteiger partial charge in [-0.2, -0.15) is 0 Å². The third-order valence-corrected chi connectivity index (χ3v) is 5.18. The predicted octanol–water partition coefficient (Wildman–Crippen LogP) is 3.29. The number of benzene rings is 1. The molecular weight excluding hydrogens is 350 g/mol. The lowest BCUT2D eigenvalue weighted by Crippen LogP contribution is -2.49. The molecule has 0 unspecified atom stereocenters. The molecule has 1 fully saturated rings. The van der Waals surface area contributed by atoms with E-state index in [0.717, 1.165) is 60.3 Å². The first kappa shape index (κ1) is 20.3. The minimum atomic E-state index is 0.0471. The number of hydrogen-bond donors (Lipinski definition) is 1. The molecule has 1 N–H and O–H groups in total. The van der Waals surface area contributed by atoms with Gasteiger partial charge in [-0.25, -0.2) is 9.97 Å². The molecule has 1 aromatic heterocycles. The molecule has 6 nitrogen and oxygen atoms in total. The second kappa shape index (κ2) is 8.69. The number of amides is 1. The van der Waals surface area contributed by atoms with Crippen LogP contribution in [0.25, 0.3) is 0 Å². The molecule has 0 spiro atoms. The number of nitrogens with one attached hydrogen (secondary N) is 1. The minimum absolute atomic E-state index is 0.0471. The fraction of sp³-hybridized carbons (Fsp3) is 0.500. The van der Waals surface area contributed by atoms with E-state index in [1.165, 1.54) is 0 Å². The van der Waals surface area contributed by atoms with Crippen molar-refractivity contribution < 1.29 is 4.79 Å². The second-order valence-electron chi connectivity index (χ2n) is 7.96. The highest BCUT2D eigenvalue weighted by molar-refractivity contribution is 5.93. The molecular formula is C22H31N5O. The number of aromatic nitrogens is 2. The SMILES string of the molecule is Cc1cc(N2CCN(CC(=O)Nc3c(C)cccc3C)CC2)nc(C(C)C)n1. The first-order chi connectivity index (χ1) is 13.3. The van der Waals surface area contributed by atoms with E-state index in [1.54, 1.807) is 0 Å². The van der Waals surface area contributed by atoms with Crippen molar-refractivity contribution in [3.63, 3.8) is 0 Å². The number of anilines is 2. The van der Waals surface area contributed by atoms with Gasteiger partial charge in [0.15, 0.2) is 0 Å². The van der Waals surface area contributed by atoms with Crippen LogP contribution in [-0.4, -0.2) is 53.5 Å². The van der Waals surface area contributed by atoms with Crippen LogP contribution in [0.5, 0.6) is 0 Å². The van der Waals surface area contributed by atoms with Gasteiger partial charge < -0.3 is 10.2 Å². The summed E-state index contributed by atoms with van der Waals surface area (Å²) < 4.78 is 0. The van der Waals surface area contributed by atoms with Crippen LogP contribution in [0.15, 0.2) is 24.3 Å². The monoisotopic (exact) mass is 381 g/mol. The van der Waals surface area contributed by atoms with Gasteiger partial charge in [0.2, 0.25) is 5.91 Å².